The maximum Gasteiger partial charge on any atom is 0.233 e. The standard InChI is InChI=1S/C24H28N2O6S2/c1-29-15-5-7-19(31-3)17(11-15)23-25(21(27)13-33-23)9-10-26-22(28)14-34-24(26)18-12-16(30-2)6-8-20(18)32-4/h5-8,11-12,23-24H,9-10,13-14H2,1-4H3/t23-,24-/m1/s1. The monoisotopic (exact) mass is 504 g/mol. The Morgan fingerprint density at radius 1 is 0.706 bits per heavy atom. The van der Waals surface area contributed by atoms with E-state index in [9.17, 15) is 9.59 Å². The van der Waals surface area contributed by atoms with Gasteiger partial charge in [-0.15, -0.1) is 23.5 Å². The van der Waals surface area contributed by atoms with Crippen molar-refractivity contribution in [3.63, 3.8) is 0 Å². The number of carbonyl (C=O) groups excluding carboxylic acids is 2. The van der Waals surface area contributed by atoms with Crippen LogP contribution in [0.15, 0.2) is 36.4 Å². The van der Waals surface area contributed by atoms with E-state index in [1.807, 2.05) is 46.2 Å². The molecule has 0 unspecified atom stereocenters. The van der Waals surface area contributed by atoms with Gasteiger partial charge in [0.25, 0.3) is 0 Å². The molecule has 0 radical (unpaired) electrons. The fraction of sp³-hybridized carbons (Fsp3) is 0.417. The van der Waals surface area contributed by atoms with Gasteiger partial charge in [0.15, 0.2) is 0 Å². The quantitative estimate of drug-likeness (QED) is 0.513. The number of thioether (sulfide) groups is 2. The van der Waals surface area contributed by atoms with E-state index in [0.717, 1.165) is 11.1 Å². The van der Waals surface area contributed by atoms with E-state index >= 15 is 0 Å². The molecule has 8 nitrogen and oxygen atoms in total. The molecule has 182 valence electrons. The zero-order valence-electron chi connectivity index (χ0n) is 19.6. The smallest absolute Gasteiger partial charge is 0.233 e. The molecule has 0 N–H and O–H groups in total. The first-order valence-electron chi connectivity index (χ1n) is 10.8. The first-order chi connectivity index (χ1) is 16.5. The molecule has 2 aliphatic rings. The van der Waals surface area contributed by atoms with Crippen LogP contribution in [0.4, 0.5) is 0 Å². The lowest BCUT2D eigenvalue weighted by molar-refractivity contribution is -0.132. The summed E-state index contributed by atoms with van der Waals surface area (Å²) >= 11 is 3.10. The van der Waals surface area contributed by atoms with Crippen LogP contribution in [-0.4, -0.2) is 74.6 Å². The summed E-state index contributed by atoms with van der Waals surface area (Å²) in [6, 6.07) is 11.2. The molecular weight excluding hydrogens is 476 g/mol. The van der Waals surface area contributed by atoms with Crippen LogP contribution in [0.1, 0.15) is 21.9 Å². The SMILES string of the molecule is COc1ccc(OC)c([C@H]2SCC(=O)N2CCN2C(=O)CS[C@@H]2c2cc(OC)ccc2OC)c1. The third kappa shape index (κ3) is 4.74. The Hall–Kier alpha value is -2.72. The molecule has 0 spiro atoms. The average molecular weight is 505 g/mol. The zero-order valence-corrected chi connectivity index (χ0v) is 21.2. The Labute approximate surface area is 207 Å². The summed E-state index contributed by atoms with van der Waals surface area (Å²) in [5.74, 6) is 3.62. The van der Waals surface area contributed by atoms with Gasteiger partial charge in [0.05, 0.1) is 39.9 Å². The van der Waals surface area contributed by atoms with Gasteiger partial charge in [-0.2, -0.15) is 0 Å². The minimum atomic E-state index is -0.215. The lowest BCUT2D eigenvalue weighted by atomic mass is 10.1. The van der Waals surface area contributed by atoms with Crippen molar-refractivity contribution in [1.82, 2.24) is 9.80 Å². The first-order valence-corrected chi connectivity index (χ1v) is 12.9. The number of amides is 2. The summed E-state index contributed by atoms with van der Waals surface area (Å²) in [6.45, 7) is 0.817. The van der Waals surface area contributed by atoms with Gasteiger partial charge in [-0.3, -0.25) is 9.59 Å². The predicted molar refractivity (Wildman–Crippen MR) is 133 cm³/mol. The van der Waals surface area contributed by atoms with Gasteiger partial charge in [-0.05, 0) is 36.4 Å². The molecule has 2 atom stereocenters. The largest absolute Gasteiger partial charge is 0.497 e. The number of nitrogens with zero attached hydrogens (tertiary/aromatic N) is 2. The number of benzene rings is 2. The average Bonchev–Trinajstić information content (AvgIpc) is 3.43. The topological polar surface area (TPSA) is 77.5 Å². The van der Waals surface area contributed by atoms with Crippen LogP contribution in [0.3, 0.4) is 0 Å². The highest BCUT2D eigenvalue weighted by molar-refractivity contribution is 8.00. The second-order valence-electron chi connectivity index (χ2n) is 7.72. The van der Waals surface area contributed by atoms with Crippen LogP contribution in [0.5, 0.6) is 23.0 Å². The summed E-state index contributed by atoms with van der Waals surface area (Å²) in [6.07, 6.45) is 0. The highest BCUT2D eigenvalue weighted by Gasteiger charge is 2.38. The van der Waals surface area contributed by atoms with Crippen LogP contribution in [0.2, 0.25) is 0 Å². The van der Waals surface area contributed by atoms with Gasteiger partial charge < -0.3 is 28.7 Å². The molecule has 2 aromatic carbocycles. The lowest BCUT2D eigenvalue weighted by Crippen LogP contribution is -2.39. The molecule has 2 saturated heterocycles. The van der Waals surface area contributed by atoms with Gasteiger partial charge in [-0.25, -0.2) is 0 Å². The molecule has 2 amide bonds. The van der Waals surface area contributed by atoms with E-state index in [4.69, 9.17) is 18.9 Å². The third-order valence-corrected chi connectivity index (χ3v) is 8.40. The predicted octanol–water partition coefficient (Wildman–Crippen LogP) is 3.57. The Morgan fingerprint density at radius 2 is 1.12 bits per heavy atom. The first kappa shape index (κ1) is 24.4. The summed E-state index contributed by atoms with van der Waals surface area (Å²) in [4.78, 5) is 29.3. The second kappa shape index (κ2) is 10.7. The zero-order chi connectivity index (χ0) is 24.2. The van der Waals surface area contributed by atoms with E-state index in [2.05, 4.69) is 0 Å². The van der Waals surface area contributed by atoms with E-state index in [1.54, 1.807) is 52.0 Å². The molecule has 0 saturated carbocycles. The molecule has 2 heterocycles. The van der Waals surface area contributed by atoms with Gasteiger partial charge in [0, 0.05) is 24.2 Å². The van der Waals surface area contributed by atoms with Crippen molar-refractivity contribution in [1.29, 1.82) is 0 Å². The number of carbonyl (C=O) groups is 2. The van der Waals surface area contributed by atoms with Crippen LogP contribution in [0.25, 0.3) is 0 Å². The molecule has 2 aliphatic heterocycles. The van der Waals surface area contributed by atoms with E-state index in [0.29, 0.717) is 47.6 Å². The van der Waals surface area contributed by atoms with Crippen LogP contribution < -0.4 is 18.9 Å². The molecule has 10 heteroatoms. The Balaban J connectivity index is 1.57. The van der Waals surface area contributed by atoms with Crippen LogP contribution in [-0.2, 0) is 9.59 Å². The summed E-state index contributed by atoms with van der Waals surface area (Å²) in [7, 11) is 6.45. The second-order valence-corrected chi connectivity index (χ2v) is 9.85. The van der Waals surface area contributed by atoms with Crippen molar-refractivity contribution in [2.75, 3.05) is 53.0 Å². The van der Waals surface area contributed by atoms with Crippen molar-refractivity contribution < 1.29 is 28.5 Å². The van der Waals surface area contributed by atoms with Crippen molar-refractivity contribution in [3.8, 4) is 23.0 Å². The molecular formula is C24H28N2O6S2. The molecule has 0 aromatic heterocycles. The highest BCUT2D eigenvalue weighted by atomic mass is 32.2. The van der Waals surface area contributed by atoms with E-state index in [-0.39, 0.29) is 22.6 Å². The van der Waals surface area contributed by atoms with Crippen molar-refractivity contribution >= 4 is 35.3 Å². The fourth-order valence-corrected chi connectivity index (χ4v) is 6.65. The number of hydrogen-bond acceptors (Lipinski definition) is 8. The van der Waals surface area contributed by atoms with Crippen molar-refractivity contribution in [3.05, 3.63) is 47.5 Å². The maximum absolute atomic E-state index is 12.8. The summed E-state index contributed by atoms with van der Waals surface area (Å²) in [5, 5.41) is -0.430. The molecule has 34 heavy (non-hydrogen) atoms. The molecule has 2 aromatic rings. The van der Waals surface area contributed by atoms with E-state index in [1.165, 1.54) is 0 Å². The van der Waals surface area contributed by atoms with Crippen LogP contribution in [0, 0.1) is 0 Å². The molecule has 0 aliphatic carbocycles. The fourth-order valence-electron chi connectivity index (χ4n) is 4.19. The maximum atomic E-state index is 12.8. The van der Waals surface area contributed by atoms with Crippen molar-refractivity contribution in [2.45, 2.75) is 10.7 Å². The number of rotatable bonds is 9. The summed E-state index contributed by atoms with van der Waals surface area (Å²) < 4.78 is 21.9. The van der Waals surface area contributed by atoms with Crippen LogP contribution >= 0.6 is 23.5 Å². The van der Waals surface area contributed by atoms with Gasteiger partial charge >= 0.3 is 0 Å². The summed E-state index contributed by atoms with van der Waals surface area (Å²) in [5.41, 5.74) is 1.76. The van der Waals surface area contributed by atoms with Gasteiger partial charge in [0.2, 0.25) is 11.8 Å². The van der Waals surface area contributed by atoms with Gasteiger partial charge in [0.1, 0.15) is 33.7 Å². The Kier molecular flexibility index (Phi) is 7.67. The van der Waals surface area contributed by atoms with Crippen molar-refractivity contribution in [2.24, 2.45) is 0 Å². The number of methoxy groups -OCH3 is 4. The minimum absolute atomic E-state index is 0.0367. The molecule has 4 rings (SSSR count). The minimum Gasteiger partial charge on any atom is -0.497 e. The third-order valence-electron chi connectivity index (χ3n) is 5.92. The Bertz CT molecular complexity index is 982. The van der Waals surface area contributed by atoms with E-state index < -0.39 is 0 Å². The normalized spacial score (nSPS) is 20.1. The molecule has 2 fully saturated rings. The van der Waals surface area contributed by atoms with Gasteiger partial charge in [-0.1, -0.05) is 0 Å². The number of hydrogen-bond donors (Lipinski definition) is 0. The highest BCUT2D eigenvalue weighted by Crippen LogP contribution is 2.46. The molecule has 0 bridgehead atoms. The lowest BCUT2D eigenvalue weighted by Gasteiger charge is -2.30. The number of ether oxygens (including phenoxy) is 4. The Morgan fingerprint density at radius 3 is 1.47 bits per heavy atom.